The molecule has 3 atom stereocenters. The number of nitrogens with one attached hydrogen (secondary N) is 1. The number of rotatable bonds is 4. The maximum Gasteiger partial charge on any atom is 0.111 e. The maximum absolute atomic E-state index is 9.45. The van der Waals surface area contributed by atoms with Gasteiger partial charge in [0.2, 0.25) is 0 Å². The van der Waals surface area contributed by atoms with Crippen molar-refractivity contribution in [3.63, 3.8) is 0 Å². The van der Waals surface area contributed by atoms with Crippen LogP contribution in [0.25, 0.3) is 0 Å². The Morgan fingerprint density at radius 3 is 2.69 bits per heavy atom. The Bertz CT molecular complexity index is 274. The second kappa shape index (κ2) is 5.16. The SMILES string of the molecule is CCC(C)NC1(C#N)CCOC(C)(CC)C1. The molecule has 0 aromatic rings. The minimum Gasteiger partial charge on any atom is -0.375 e. The van der Waals surface area contributed by atoms with Gasteiger partial charge in [-0.05, 0) is 26.7 Å². The van der Waals surface area contributed by atoms with Crippen molar-refractivity contribution in [1.82, 2.24) is 5.32 Å². The van der Waals surface area contributed by atoms with Crippen LogP contribution in [0, 0.1) is 11.3 Å². The molecular formula is C13H24N2O. The van der Waals surface area contributed by atoms with Crippen LogP contribution >= 0.6 is 0 Å². The second-order valence-electron chi connectivity index (χ2n) is 5.23. The zero-order valence-electron chi connectivity index (χ0n) is 11.0. The molecule has 0 bridgehead atoms. The third-order valence-corrected chi connectivity index (χ3v) is 3.75. The molecule has 1 N–H and O–H groups in total. The molecule has 3 nitrogen and oxygen atoms in total. The van der Waals surface area contributed by atoms with E-state index in [0.717, 1.165) is 25.7 Å². The fraction of sp³-hybridized carbons (Fsp3) is 0.923. The summed E-state index contributed by atoms with van der Waals surface area (Å²) in [6.07, 6.45) is 3.59. The molecule has 0 spiro atoms. The Morgan fingerprint density at radius 2 is 2.19 bits per heavy atom. The lowest BCUT2D eigenvalue weighted by molar-refractivity contribution is -0.0917. The Morgan fingerprint density at radius 1 is 1.50 bits per heavy atom. The Balaban J connectivity index is 2.76. The van der Waals surface area contributed by atoms with E-state index in [4.69, 9.17) is 4.74 Å². The zero-order chi connectivity index (χ0) is 12.2. The van der Waals surface area contributed by atoms with Crippen molar-refractivity contribution in [1.29, 1.82) is 5.26 Å². The molecular weight excluding hydrogens is 200 g/mol. The molecule has 0 aliphatic carbocycles. The minimum atomic E-state index is -0.390. The van der Waals surface area contributed by atoms with Crippen LogP contribution in [-0.2, 0) is 4.74 Å². The normalized spacial score (nSPS) is 36.7. The van der Waals surface area contributed by atoms with Gasteiger partial charge in [0.25, 0.3) is 0 Å². The van der Waals surface area contributed by atoms with Crippen molar-refractivity contribution in [2.75, 3.05) is 6.61 Å². The Hall–Kier alpha value is -0.590. The fourth-order valence-electron chi connectivity index (χ4n) is 2.30. The summed E-state index contributed by atoms with van der Waals surface area (Å²) >= 11 is 0. The van der Waals surface area contributed by atoms with Crippen molar-refractivity contribution in [2.45, 2.75) is 70.6 Å². The van der Waals surface area contributed by atoms with E-state index in [-0.39, 0.29) is 5.60 Å². The number of ether oxygens (including phenoxy) is 1. The first kappa shape index (κ1) is 13.5. The monoisotopic (exact) mass is 224 g/mol. The van der Waals surface area contributed by atoms with Crippen molar-refractivity contribution >= 4 is 0 Å². The Labute approximate surface area is 99.2 Å². The summed E-state index contributed by atoms with van der Waals surface area (Å²) in [6.45, 7) is 9.19. The number of nitriles is 1. The van der Waals surface area contributed by atoms with Gasteiger partial charge in [-0.2, -0.15) is 5.26 Å². The third kappa shape index (κ3) is 2.96. The summed E-state index contributed by atoms with van der Waals surface area (Å²) in [7, 11) is 0. The van der Waals surface area contributed by atoms with Gasteiger partial charge < -0.3 is 4.74 Å². The van der Waals surface area contributed by atoms with Crippen molar-refractivity contribution < 1.29 is 4.74 Å². The first-order valence-electron chi connectivity index (χ1n) is 6.32. The summed E-state index contributed by atoms with van der Waals surface area (Å²) < 4.78 is 5.80. The van der Waals surface area contributed by atoms with E-state index in [1.54, 1.807) is 0 Å². The van der Waals surface area contributed by atoms with Crippen LogP contribution in [0.15, 0.2) is 0 Å². The molecule has 0 aromatic heterocycles. The second-order valence-corrected chi connectivity index (χ2v) is 5.23. The van der Waals surface area contributed by atoms with Gasteiger partial charge in [-0.3, -0.25) is 5.32 Å². The molecule has 92 valence electrons. The molecule has 1 fully saturated rings. The fourth-order valence-corrected chi connectivity index (χ4v) is 2.30. The third-order valence-electron chi connectivity index (χ3n) is 3.75. The van der Waals surface area contributed by atoms with E-state index in [9.17, 15) is 5.26 Å². The average Bonchev–Trinajstić information content (AvgIpc) is 2.29. The lowest BCUT2D eigenvalue weighted by Crippen LogP contribution is -2.56. The summed E-state index contributed by atoms with van der Waals surface area (Å²) in [5.41, 5.74) is -0.535. The molecule has 0 radical (unpaired) electrons. The van der Waals surface area contributed by atoms with E-state index in [0.29, 0.717) is 12.6 Å². The van der Waals surface area contributed by atoms with Gasteiger partial charge in [0.05, 0.1) is 18.3 Å². The molecule has 1 aliphatic rings. The van der Waals surface area contributed by atoms with Crippen molar-refractivity contribution in [3.8, 4) is 6.07 Å². The highest BCUT2D eigenvalue weighted by molar-refractivity contribution is 5.12. The van der Waals surface area contributed by atoms with Crippen LogP contribution in [-0.4, -0.2) is 23.8 Å². The molecule has 1 aliphatic heterocycles. The van der Waals surface area contributed by atoms with Gasteiger partial charge in [-0.1, -0.05) is 13.8 Å². The van der Waals surface area contributed by atoms with Gasteiger partial charge in [0, 0.05) is 18.9 Å². The van der Waals surface area contributed by atoms with Crippen LogP contribution in [0.5, 0.6) is 0 Å². The van der Waals surface area contributed by atoms with E-state index in [2.05, 4.69) is 39.1 Å². The maximum atomic E-state index is 9.45. The predicted octanol–water partition coefficient (Wildman–Crippen LogP) is 2.62. The molecule has 16 heavy (non-hydrogen) atoms. The molecule has 0 saturated carbocycles. The minimum absolute atomic E-state index is 0.144. The van der Waals surface area contributed by atoms with Gasteiger partial charge in [-0.25, -0.2) is 0 Å². The van der Waals surface area contributed by atoms with Crippen LogP contribution in [0.4, 0.5) is 0 Å². The summed E-state index contributed by atoms with van der Waals surface area (Å²) in [5.74, 6) is 0. The van der Waals surface area contributed by atoms with E-state index in [1.165, 1.54) is 0 Å². The molecule has 0 aromatic carbocycles. The number of hydrogen-bond donors (Lipinski definition) is 1. The smallest absolute Gasteiger partial charge is 0.111 e. The van der Waals surface area contributed by atoms with Crippen LogP contribution in [0.1, 0.15) is 53.4 Å². The van der Waals surface area contributed by atoms with E-state index >= 15 is 0 Å². The zero-order valence-corrected chi connectivity index (χ0v) is 11.0. The predicted molar refractivity (Wildman–Crippen MR) is 65.1 cm³/mol. The molecule has 3 heteroatoms. The van der Waals surface area contributed by atoms with Crippen LogP contribution in [0.3, 0.4) is 0 Å². The van der Waals surface area contributed by atoms with Gasteiger partial charge in [0.1, 0.15) is 5.54 Å². The molecule has 1 saturated heterocycles. The molecule has 0 amide bonds. The van der Waals surface area contributed by atoms with Crippen molar-refractivity contribution in [3.05, 3.63) is 0 Å². The van der Waals surface area contributed by atoms with Gasteiger partial charge in [0.15, 0.2) is 0 Å². The highest BCUT2D eigenvalue weighted by atomic mass is 16.5. The molecule has 1 rings (SSSR count). The molecule has 3 unspecified atom stereocenters. The van der Waals surface area contributed by atoms with Crippen LogP contribution < -0.4 is 5.32 Å². The average molecular weight is 224 g/mol. The highest BCUT2D eigenvalue weighted by Gasteiger charge is 2.43. The highest BCUT2D eigenvalue weighted by Crippen LogP contribution is 2.34. The number of hydrogen-bond acceptors (Lipinski definition) is 3. The van der Waals surface area contributed by atoms with Crippen LogP contribution in [0.2, 0.25) is 0 Å². The first-order chi connectivity index (χ1) is 7.49. The molecule has 1 heterocycles. The van der Waals surface area contributed by atoms with Gasteiger partial charge in [-0.15, -0.1) is 0 Å². The standard InChI is InChI=1S/C13H24N2O/c1-5-11(3)15-13(10-14)7-8-16-12(4,6-2)9-13/h11,15H,5-9H2,1-4H3. The quantitative estimate of drug-likeness (QED) is 0.798. The summed E-state index contributed by atoms with van der Waals surface area (Å²) in [5, 5.41) is 12.9. The lowest BCUT2D eigenvalue weighted by Gasteiger charge is -2.43. The van der Waals surface area contributed by atoms with Gasteiger partial charge >= 0.3 is 0 Å². The Kier molecular flexibility index (Phi) is 4.35. The van der Waals surface area contributed by atoms with E-state index < -0.39 is 5.54 Å². The van der Waals surface area contributed by atoms with E-state index in [1.807, 2.05) is 0 Å². The topological polar surface area (TPSA) is 45.0 Å². The summed E-state index contributed by atoms with van der Waals surface area (Å²) in [4.78, 5) is 0. The lowest BCUT2D eigenvalue weighted by atomic mass is 9.79. The first-order valence-corrected chi connectivity index (χ1v) is 6.32. The summed E-state index contributed by atoms with van der Waals surface area (Å²) in [6, 6.07) is 2.87. The van der Waals surface area contributed by atoms with Crippen molar-refractivity contribution in [2.24, 2.45) is 0 Å². The number of nitrogens with zero attached hydrogens (tertiary/aromatic N) is 1. The largest absolute Gasteiger partial charge is 0.375 e.